The summed E-state index contributed by atoms with van der Waals surface area (Å²) in [7, 11) is 1.56. The second-order valence-corrected chi connectivity index (χ2v) is 4.68. The largest absolute Gasteiger partial charge is 0.495 e. The first-order valence-corrected chi connectivity index (χ1v) is 7.53. The molecule has 122 valence electrons. The highest BCUT2D eigenvalue weighted by molar-refractivity contribution is 6.07. The first-order valence-electron chi connectivity index (χ1n) is 7.53. The van der Waals surface area contributed by atoms with E-state index in [2.05, 4.69) is 5.32 Å². The minimum absolute atomic E-state index is 0.263. The number of methoxy groups -OCH3 is 1. The van der Waals surface area contributed by atoms with E-state index in [0.29, 0.717) is 41.7 Å². The van der Waals surface area contributed by atoms with Crippen LogP contribution in [0.25, 0.3) is 0 Å². The van der Waals surface area contributed by atoms with Crippen molar-refractivity contribution in [1.82, 2.24) is 0 Å². The average Bonchev–Trinajstić information content (AvgIpc) is 2.56. The van der Waals surface area contributed by atoms with Crippen molar-refractivity contribution >= 4 is 11.6 Å². The Morgan fingerprint density at radius 1 is 1.00 bits per heavy atom. The van der Waals surface area contributed by atoms with Crippen molar-refractivity contribution in [1.29, 1.82) is 0 Å². The van der Waals surface area contributed by atoms with E-state index in [4.69, 9.17) is 14.2 Å². The molecule has 0 aromatic heterocycles. The fourth-order valence-corrected chi connectivity index (χ4v) is 2.16. The normalized spacial score (nSPS) is 10.0. The van der Waals surface area contributed by atoms with Gasteiger partial charge < -0.3 is 19.5 Å². The highest BCUT2D eigenvalue weighted by Gasteiger charge is 2.15. The molecular weight excluding hydrogens is 294 g/mol. The van der Waals surface area contributed by atoms with E-state index in [1.165, 1.54) is 0 Å². The van der Waals surface area contributed by atoms with Gasteiger partial charge in [0.2, 0.25) is 0 Å². The molecule has 5 nitrogen and oxygen atoms in total. The van der Waals surface area contributed by atoms with Crippen molar-refractivity contribution in [2.24, 2.45) is 0 Å². The van der Waals surface area contributed by atoms with Crippen molar-refractivity contribution in [3.8, 4) is 17.2 Å². The summed E-state index contributed by atoms with van der Waals surface area (Å²) in [6.07, 6.45) is 0. The number of carbonyl (C=O) groups excluding carboxylic acids is 1. The van der Waals surface area contributed by atoms with Gasteiger partial charge in [-0.1, -0.05) is 12.1 Å². The lowest BCUT2D eigenvalue weighted by Gasteiger charge is -2.14. The van der Waals surface area contributed by atoms with Gasteiger partial charge in [-0.25, -0.2) is 0 Å². The third-order valence-corrected chi connectivity index (χ3v) is 3.16. The van der Waals surface area contributed by atoms with E-state index in [1.807, 2.05) is 26.0 Å². The van der Waals surface area contributed by atoms with Gasteiger partial charge in [0.05, 0.1) is 31.6 Å². The topological polar surface area (TPSA) is 56.8 Å². The summed E-state index contributed by atoms with van der Waals surface area (Å²) in [4.78, 5) is 12.6. The Labute approximate surface area is 136 Å². The van der Waals surface area contributed by atoms with Crippen LogP contribution in [-0.4, -0.2) is 26.2 Å². The molecule has 2 aromatic carbocycles. The van der Waals surface area contributed by atoms with Crippen molar-refractivity contribution in [2.45, 2.75) is 13.8 Å². The molecule has 0 bridgehead atoms. The first kappa shape index (κ1) is 16.7. The number of carbonyl (C=O) groups is 1. The van der Waals surface area contributed by atoms with Crippen molar-refractivity contribution in [2.75, 3.05) is 25.6 Å². The van der Waals surface area contributed by atoms with Gasteiger partial charge in [0.15, 0.2) is 0 Å². The van der Waals surface area contributed by atoms with Crippen LogP contribution in [0.15, 0.2) is 42.5 Å². The number of para-hydroxylation sites is 2. The van der Waals surface area contributed by atoms with Crippen LogP contribution in [0.5, 0.6) is 17.2 Å². The highest BCUT2D eigenvalue weighted by Crippen LogP contribution is 2.28. The van der Waals surface area contributed by atoms with Gasteiger partial charge in [0.25, 0.3) is 5.91 Å². The lowest BCUT2D eigenvalue weighted by atomic mass is 10.1. The number of hydrogen-bond donors (Lipinski definition) is 1. The van der Waals surface area contributed by atoms with E-state index in [0.717, 1.165) is 0 Å². The number of hydrogen-bond acceptors (Lipinski definition) is 4. The van der Waals surface area contributed by atoms with E-state index in [-0.39, 0.29) is 5.91 Å². The third kappa shape index (κ3) is 4.16. The second kappa shape index (κ2) is 8.08. The predicted octanol–water partition coefficient (Wildman–Crippen LogP) is 3.74. The summed E-state index contributed by atoms with van der Waals surface area (Å²) >= 11 is 0. The molecule has 0 fully saturated rings. The number of benzene rings is 2. The fourth-order valence-electron chi connectivity index (χ4n) is 2.16. The van der Waals surface area contributed by atoms with E-state index < -0.39 is 0 Å². The molecule has 0 unspecified atom stereocenters. The molecule has 0 aliphatic heterocycles. The highest BCUT2D eigenvalue weighted by atomic mass is 16.5. The molecule has 0 aliphatic rings. The van der Waals surface area contributed by atoms with Gasteiger partial charge in [-0.2, -0.15) is 0 Å². The maximum atomic E-state index is 12.6. The molecule has 23 heavy (non-hydrogen) atoms. The van der Waals surface area contributed by atoms with Crippen LogP contribution in [0, 0.1) is 0 Å². The summed E-state index contributed by atoms with van der Waals surface area (Å²) in [5.41, 5.74) is 1.05. The van der Waals surface area contributed by atoms with Gasteiger partial charge >= 0.3 is 0 Å². The van der Waals surface area contributed by atoms with Crippen LogP contribution in [0.1, 0.15) is 24.2 Å². The molecule has 1 amide bonds. The molecule has 0 saturated carbocycles. The van der Waals surface area contributed by atoms with Gasteiger partial charge in [-0.05, 0) is 38.1 Å². The lowest BCUT2D eigenvalue weighted by Crippen LogP contribution is -2.14. The molecule has 0 saturated heterocycles. The summed E-state index contributed by atoms with van der Waals surface area (Å²) in [5.74, 6) is 1.50. The molecule has 0 spiro atoms. The van der Waals surface area contributed by atoms with Crippen LogP contribution in [0.4, 0.5) is 5.69 Å². The Morgan fingerprint density at radius 3 is 2.43 bits per heavy atom. The van der Waals surface area contributed by atoms with Crippen LogP contribution >= 0.6 is 0 Å². The Bertz CT molecular complexity index is 670. The average molecular weight is 315 g/mol. The Morgan fingerprint density at radius 2 is 1.74 bits per heavy atom. The minimum atomic E-state index is -0.263. The van der Waals surface area contributed by atoms with Crippen LogP contribution in [-0.2, 0) is 0 Å². The molecule has 0 heterocycles. The summed E-state index contributed by atoms with van der Waals surface area (Å²) in [6, 6.07) is 12.4. The zero-order chi connectivity index (χ0) is 16.7. The van der Waals surface area contributed by atoms with E-state index >= 15 is 0 Å². The lowest BCUT2D eigenvalue weighted by molar-refractivity contribution is 0.102. The number of anilines is 1. The first-order chi connectivity index (χ1) is 11.2. The number of ether oxygens (including phenoxy) is 3. The van der Waals surface area contributed by atoms with Crippen LogP contribution < -0.4 is 19.5 Å². The molecule has 5 heteroatoms. The molecular formula is C18H21NO4. The molecule has 2 rings (SSSR count). The Kier molecular flexibility index (Phi) is 5.86. The zero-order valence-corrected chi connectivity index (χ0v) is 13.6. The summed E-state index contributed by atoms with van der Waals surface area (Å²) in [6.45, 7) is 4.79. The monoisotopic (exact) mass is 315 g/mol. The fraction of sp³-hybridized carbons (Fsp3) is 0.278. The van der Waals surface area contributed by atoms with Crippen LogP contribution in [0.3, 0.4) is 0 Å². The summed E-state index contributed by atoms with van der Waals surface area (Å²) in [5, 5.41) is 2.84. The molecule has 0 atom stereocenters. The molecule has 1 N–H and O–H groups in total. The van der Waals surface area contributed by atoms with Crippen molar-refractivity contribution < 1.29 is 19.0 Å². The zero-order valence-electron chi connectivity index (χ0n) is 13.6. The number of amides is 1. The standard InChI is InChI=1S/C18H21NO4/c1-4-22-13-10-11-14(17(12-13)23-5-2)18(20)19-15-8-6-7-9-16(15)21-3/h6-12H,4-5H2,1-3H3,(H,19,20). The van der Waals surface area contributed by atoms with E-state index in [1.54, 1.807) is 37.4 Å². The van der Waals surface area contributed by atoms with Gasteiger partial charge in [0, 0.05) is 6.07 Å². The van der Waals surface area contributed by atoms with Gasteiger partial charge in [-0.15, -0.1) is 0 Å². The Balaban J connectivity index is 2.27. The maximum absolute atomic E-state index is 12.6. The quantitative estimate of drug-likeness (QED) is 0.845. The van der Waals surface area contributed by atoms with Crippen molar-refractivity contribution in [3.63, 3.8) is 0 Å². The Hall–Kier alpha value is -2.69. The second-order valence-electron chi connectivity index (χ2n) is 4.68. The maximum Gasteiger partial charge on any atom is 0.259 e. The van der Waals surface area contributed by atoms with Gasteiger partial charge in [0.1, 0.15) is 17.2 Å². The molecule has 0 aliphatic carbocycles. The number of nitrogens with one attached hydrogen (secondary N) is 1. The van der Waals surface area contributed by atoms with Gasteiger partial charge in [-0.3, -0.25) is 4.79 Å². The van der Waals surface area contributed by atoms with Crippen LogP contribution in [0.2, 0.25) is 0 Å². The molecule has 0 radical (unpaired) electrons. The molecule has 2 aromatic rings. The SMILES string of the molecule is CCOc1ccc(C(=O)Nc2ccccc2OC)c(OCC)c1. The third-order valence-electron chi connectivity index (χ3n) is 3.16. The predicted molar refractivity (Wildman–Crippen MR) is 89.7 cm³/mol. The van der Waals surface area contributed by atoms with Crippen molar-refractivity contribution in [3.05, 3.63) is 48.0 Å². The van der Waals surface area contributed by atoms with E-state index in [9.17, 15) is 4.79 Å². The number of rotatable bonds is 7. The minimum Gasteiger partial charge on any atom is -0.495 e. The summed E-state index contributed by atoms with van der Waals surface area (Å²) < 4.78 is 16.3. The smallest absolute Gasteiger partial charge is 0.259 e.